The molecule has 15 heteroatoms. The summed E-state index contributed by atoms with van der Waals surface area (Å²) >= 11 is 3.58. The van der Waals surface area contributed by atoms with E-state index in [0.717, 1.165) is 55.9 Å². The van der Waals surface area contributed by atoms with Crippen molar-refractivity contribution in [2.75, 3.05) is 76.3 Å². The second-order valence-corrected chi connectivity index (χ2v) is 16.7. The number of anilines is 5. The van der Waals surface area contributed by atoms with Gasteiger partial charge in [0, 0.05) is 68.2 Å². The number of likely N-dealkylation sites (N-methyl/N-ethyl adjacent to an activating group) is 1. The fourth-order valence-corrected chi connectivity index (χ4v) is 7.60. The number of nitrogens with zero attached hydrogens (tertiary/aromatic N) is 8. The number of aryl methyl sites for hydroxylation is 1. The molecule has 266 valence electrons. The van der Waals surface area contributed by atoms with Gasteiger partial charge in [0.25, 0.3) is 0 Å². The lowest BCUT2D eigenvalue weighted by Crippen LogP contribution is -2.38. The number of ether oxygens (including phenoxy) is 2. The third-order valence-electron chi connectivity index (χ3n) is 8.35. The van der Waals surface area contributed by atoms with Gasteiger partial charge in [0.1, 0.15) is 24.4 Å². The van der Waals surface area contributed by atoms with Crippen LogP contribution in [0.15, 0.2) is 57.3 Å². The lowest BCUT2D eigenvalue weighted by molar-refractivity contribution is 0.0294. The number of methoxy groups -OCH3 is 1. The van der Waals surface area contributed by atoms with E-state index in [1.165, 1.54) is 0 Å². The summed E-state index contributed by atoms with van der Waals surface area (Å²) in [6, 6.07) is 7.73. The van der Waals surface area contributed by atoms with Crippen molar-refractivity contribution in [3.05, 3.63) is 47.3 Å². The van der Waals surface area contributed by atoms with Crippen molar-refractivity contribution in [3.63, 3.8) is 0 Å². The molecule has 2 aromatic heterocycles. The van der Waals surface area contributed by atoms with Crippen LogP contribution in [0.3, 0.4) is 0 Å². The predicted molar refractivity (Wildman–Crippen MR) is 210 cm³/mol. The summed E-state index contributed by atoms with van der Waals surface area (Å²) in [7, 11) is 4.85. The third-order valence-corrected chi connectivity index (χ3v) is 10.5. The molecule has 2 aromatic carbocycles. The minimum atomic E-state index is -2.83. The molecule has 0 spiro atoms. The van der Waals surface area contributed by atoms with Gasteiger partial charge in [-0.2, -0.15) is 10.1 Å². The van der Waals surface area contributed by atoms with E-state index >= 15 is 0 Å². The second kappa shape index (κ2) is 16.3. The van der Waals surface area contributed by atoms with Crippen LogP contribution >= 0.6 is 23.1 Å². The number of rotatable bonds is 14. The Balaban J connectivity index is 1.47. The lowest BCUT2D eigenvalue weighted by Gasteiger charge is -2.35. The van der Waals surface area contributed by atoms with Crippen molar-refractivity contribution >= 4 is 81.5 Å². The van der Waals surface area contributed by atoms with E-state index in [2.05, 4.69) is 89.4 Å². The number of nitrogens with one attached hydrogen (secondary N) is 2. The van der Waals surface area contributed by atoms with Crippen LogP contribution < -0.4 is 25.6 Å². The molecule has 1 aliphatic heterocycles. The molecule has 1 fully saturated rings. The van der Waals surface area contributed by atoms with Gasteiger partial charge in [-0.3, -0.25) is 14.7 Å². The highest BCUT2D eigenvalue weighted by atomic mass is 79.9. The summed E-state index contributed by atoms with van der Waals surface area (Å²) in [6.45, 7) is 12.2. The highest BCUT2D eigenvalue weighted by Crippen LogP contribution is 2.46. The molecule has 5 rings (SSSR count). The highest BCUT2D eigenvalue weighted by molar-refractivity contribution is 9.10. The van der Waals surface area contributed by atoms with Crippen molar-refractivity contribution in [2.45, 2.75) is 25.9 Å². The van der Waals surface area contributed by atoms with Gasteiger partial charge in [-0.15, -0.1) is 0 Å². The normalized spacial score (nSPS) is 14.1. The Morgan fingerprint density at radius 1 is 1.16 bits per heavy atom. The quantitative estimate of drug-likeness (QED) is 0.102. The fourth-order valence-electron chi connectivity index (χ4n) is 5.92. The van der Waals surface area contributed by atoms with Crippen LogP contribution in [0, 0.1) is 0 Å². The summed E-state index contributed by atoms with van der Waals surface area (Å²) < 4.78 is 28.1. The van der Waals surface area contributed by atoms with Crippen molar-refractivity contribution in [2.24, 2.45) is 17.0 Å². The molecule has 0 amide bonds. The van der Waals surface area contributed by atoms with E-state index in [9.17, 15) is 4.57 Å². The van der Waals surface area contributed by atoms with Gasteiger partial charge in [0.15, 0.2) is 0 Å². The summed E-state index contributed by atoms with van der Waals surface area (Å²) in [5.41, 5.74) is 5.41. The number of hydrogen-bond donors (Lipinski definition) is 2. The molecule has 2 N–H and O–H groups in total. The first kappa shape index (κ1) is 37.2. The Bertz CT molecular complexity index is 1900. The standard InChI is InChI=1S/C35H46BrN10O3P/c1-9-38-32-27(37-2)10-11-28(33(32)50(7,8)47)41-34-26(36)21-39-35(43-34)42-29-18-25(23-20-40-45(5)22-23)30(19-31(29)48-6)46-14-12-24(13-15-46)49-17-16-44(3)4/h9-11,18-22,24H,2,12-17H2,1,3-8H3,(H2,39,41,42,43). The van der Waals surface area contributed by atoms with E-state index in [4.69, 9.17) is 14.5 Å². The zero-order chi connectivity index (χ0) is 36.0. The van der Waals surface area contributed by atoms with Crippen LogP contribution in [0.2, 0.25) is 0 Å². The molecule has 1 saturated heterocycles. The molecule has 0 atom stereocenters. The molecule has 1 aliphatic rings. The largest absolute Gasteiger partial charge is 0.494 e. The number of aromatic nitrogens is 4. The van der Waals surface area contributed by atoms with Gasteiger partial charge in [0.05, 0.1) is 52.9 Å². The van der Waals surface area contributed by atoms with Gasteiger partial charge in [-0.05, 0) is 88.0 Å². The number of hydrogen-bond acceptors (Lipinski definition) is 12. The number of halogens is 1. The summed E-state index contributed by atoms with van der Waals surface area (Å²) in [4.78, 5) is 22.5. The first-order valence-corrected chi connectivity index (χ1v) is 19.8. The summed E-state index contributed by atoms with van der Waals surface area (Å²) in [5.74, 6) is 1.46. The molecular formula is C35H46BrN10O3P. The van der Waals surface area contributed by atoms with Crippen LogP contribution in [0.25, 0.3) is 11.1 Å². The van der Waals surface area contributed by atoms with Gasteiger partial charge >= 0.3 is 0 Å². The van der Waals surface area contributed by atoms with Crippen LogP contribution in [-0.4, -0.2) is 104 Å². The van der Waals surface area contributed by atoms with Crippen molar-refractivity contribution in [1.82, 2.24) is 24.6 Å². The maximum absolute atomic E-state index is 13.6. The summed E-state index contributed by atoms with van der Waals surface area (Å²) in [6.07, 6.45) is 9.31. The zero-order valence-corrected chi connectivity index (χ0v) is 32.3. The molecule has 0 bridgehead atoms. The molecule has 3 heterocycles. The van der Waals surface area contributed by atoms with Gasteiger partial charge < -0.3 is 34.5 Å². The monoisotopic (exact) mass is 764 g/mol. The Hall–Kier alpha value is -4.10. The maximum atomic E-state index is 13.6. The van der Waals surface area contributed by atoms with Crippen LogP contribution in [-0.2, 0) is 16.3 Å². The summed E-state index contributed by atoms with van der Waals surface area (Å²) in [5, 5.41) is 11.8. The van der Waals surface area contributed by atoms with Crippen LogP contribution in [0.5, 0.6) is 5.75 Å². The Morgan fingerprint density at radius 2 is 1.92 bits per heavy atom. The Labute approximate surface area is 302 Å². The molecule has 4 aromatic rings. The highest BCUT2D eigenvalue weighted by Gasteiger charge is 2.26. The maximum Gasteiger partial charge on any atom is 0.229 e. The van der Waals surface area contributed by atoms with Crippen LogP contribution in [0.1, 0.15) is 19.8 Å². The van der Waals surface area contributed by atoms with Crippen molar-refractivity contribution in [3.8, 4) is 16.9 Å². The SMILES string of the molecule is C=Nc1ccc(Nc2nc(Nc3cc(-c4cnn(C)c4)c(N4CCC(OCCN(C)C)CC4)cc3OC)ncc2Br)c(P(C)(C)=O)c1N=CC. The molecule has 0 aliphatic carbocycles. The van der Waals surface area contributed by atoms with E-state index < -0.39 is 7.14 Å². The second-order valence-electron chi connectivity index (χ2n) is 12.7. The minimum absolute atomic E-state index is 0.244. The Kier molecular flexibility index (Phi) is 12.1. The molecule has 0 radical (unpaired) electrons. The zero-order valence-electron chi connectivity index (χ0n) is 29.8. The number of benzene rings is 2. The van der Waals surface area contributed by atoms with Crippen molar-refractivity contribution < 1.29 is 14.0 Å². The minimum Gasteiger partial charge on any atom is -0.494 e. The van der Waals surface area contributed by atoms with Crippen molar-refractivity contribution in [1.29, 1.82) is 0 Å². The molecule has 0 unspecified atom stereocenters. The van der Waals surface area contributed by atoms with E-state index in [-0.39, 0.29) is 6.10 Å². The Morgan fingerprint density at radius 3 is 2.54 bits per heavy atom. The average molecular weight is 766 g/mol. The topological polar surface area (TPSA) is 134 Å². The fraction of sp³-hybridized carbons (Fsp3) is 0.400. The van der Waals surface area contributed by atoms with E-state index in [1.54, 1.807) is 50.5 Å². The molecule has 13 nitrogen and oxygen atoms in total. The molecule has 0 saturated carbocycles. The first-order chi connectivity index (χ1) is 23.9. The van der Waals surface area contributed by atoms with E-state index in [1.807, 2.05) is 25.5 Å². The van der Waals surface area contributed by atoms with Crippen LogP contribution in [0.4, 0.5) is 40.2 Å². The molecular weight excluding hydrogens is 719 g/mol. The van der Waals surface area contributed by atoms with Gasteiger partial charge in [-0.1, -0.05) is 0 Å². The van der Waals surface area contributed by atoms with Gasteiger partial charge in [0.2, 0.25) is 5.95 Å². The predicted octanol–water partition coefficient (Wildman–Crippen LogP) is 6.98. The smallest absolute Gasteiger partial charge is 0.229 e. The third kappa shape index (κ3) is 8.79. The number of piperidine rings is 1. The first-order valence-electron chi connectivity index (χ1n) is 16.4. The average Bonchev–Trinajstić information content (AvgIpc) is 3.52. The molecule has 50 heavy (non-hydrogen) atoms. The lowest BCUT2D eigenvalue weighted by atomic mass is 10.0. The van der Waals surface area contributed by atoms with E-state index in [0.29, 0.717) is 50.0 Å². The number of aliphatic imine (C=N–C) groups is 2. The van der Waals surface area contributed by atoms with Gasteiger partial charge in [-0.25, -0.2) is 4.98 Å².